The van der Waals surface area contributed by atoms with Crippen LogP contribution in [0.3, 0.4) is 0 Å². The minimum atomic E-state index is -0.0361. The molecule has 112 valence electrons. The van der Waals surface area contributed by atoms with Gasteiger partial charge in [0.1, 0.15) is 0 Å². The largest absolute Gasteiger partial charge is 0.349 e. The van der Waals surface area contributed by atoms with E-state index in [2.05, 4.69) is 53.6 Å². The molecule has 1 aliphatic heterocycles. The second-order valence-electron chi connectivity index (χ2n) is 6.92. The minimum Gasteiger partial charge on any atom is -0.349 e. The summed E-state index contributed by atoms with van der Waals surface area (Å²) in [6.45, 7) is 11.3. The molecule has 1 saturated carbocycles. The lowest BCUT2D eigenvalue weighted by Crippen LogP contribution is -2.42. The molecule has 3 nitrogen and oxygen atoms in total. The Morgan fingerprint density at radius 3 is 1.89 bits per heavy atom. The van der Waals surface area contributed by atoms with E-state index in [1.807, 2.05) is 0 Å². The van der Waals surface area contributed by atoms with Crippen LogP contribution in [-0.2, 0) is 9.47 Å². The highest BCUT2D eigenvalue weighted by Crippen LogP contribution is 2.70. The van der Waals surface area contributed by atoms with Crippen LogP contribution in [0.15, 0.2) is 0 Å². The van der Waals surface area contributed by atoms with Gasteiger partial charge in [-0.05, 0) is 52.6 Å². The Kier molecular flexibility index (Phi) is 4.03. The van der Waals surface area contributed by atoms with Crippen LogP contribution in [0.4, 0.5) is 0 Å². The molecule has 3 heteroatoms. The summed E-state index contributed by atoms with van der Waals surface area (Å²) in [6, 6.07) is 0. The zero-order chi connectivity index (χ0) is 14.4. The van der Waals surface area contributed by atoms with Crippen LogP contribution in [0.2, 0.25) is 0 Å². The van der Waals surface area contributed by atoms with Crippen molar-refractivity contribution in [2.45, 2.75) is 77.9 Å². The van der Waals surface area contributed by atoms with E-state index in [1.165, 1.54) is 6.42 Å². The maximum absolute atomic E-state index is 6.14. The zero-order valence-electron chi connectivity index (χ0n) is 13.7. The molecule has 19 heavy (non-hydrogen) atoms. The number of hydrogen-bond acceptors (Lipinski definition) is 3. The standard InChI is InChI=1S/C16H31NO2/c1-8-15(5)13(16(15,9-2)17(6)7)14-18-11(3)10-12(4)19-14/h11-14H,8-10H2,1-7H3/t11-,12?,13?,14?,15?,16?/m1/s1. The predicted molar refractivity (Wildman–Crippen MR) is 78.1 cm³/mol. The first-order valence-electron chi connectivity index (χ1n) is 7.81. The van der Waals surface area contributed by atoms with E-state index in [1.54, 1.807) is 0 Å². The van der Waals surface area contributed by atoms with Gasteiger partial charge >= 0.3 is 0 Å². The maximum atomic E-state index is 6.14. The molecule has 6 atom stereocenters. The Labute approximate surface area is 118 Å². The van der Waals surface area contributed by atoms with Gasteiger partial charge in [-0.1, -0.05) is 20.8 Å². The Morgan fingerprint density at radius 1 is 1.05 bits per heavy atom. The van der Waals surface area contributed by atoms with Crippen molar-refractivity contribution in [1.82, 2.24) is 4.90 Å². The lowest BCUT2D eigenvalue weighted by molar-refractivity contribution is -0.249. The van der Waals surface area contributed by atoms with Gasteiger partial charge in [0.15, 0.2) is 6.29 Å². The predicted octanol–water partition coefficient (Wildman–Crippen LogP) is 3.28. The molecule has 0 aromatic rings. The van der Waals surface area contributed by atoms with Crippen LogP contribution >= 0.6 is 0 Å². The highest BCUT2D eigenvalue weighted by atomic mass is 16.7. The van der Waals surface area contributed by atoms with Gasteiger partial charge < -0.3 is 14.4 Å². The van der Waals surface area contributed by atoms with E-state index in [-0.39, 0.29) is 11.8 Å². The van der Waals surface area contributed by atoms with E-state index >= 15 is 0 Å². The Balaban J connectivity index is 2.24. The molecular formula is C16H31NO2. The monoisotopic (exact) mass is 269 g/mol. The number of ether oxygens (including phenoxy) is 2. The molecule has 2 fully saturated rings. The van der Waals surface area contributed by atoms with Crippen molar-refractivity contribution in [1.29, 1.82) is 0 Å². The SMILES string of the molecule is CCC1(C)C(C2OC(C)C[C@@H](C)O2)C1(CC)N(C)C. The second-order valence-corrected chi connectivity index (χ2v) is 6.92. The van der Waals surface area contributed by atoms with Crippen LogP contribution in [0.1, 0.15) is 53.9 Å². The van der Waals surface area contributed by atoms with Gasteiger partial charge in [0, 0.05) is 11.5 Å². The molecule has 0 aromatic heterocycles. The fraction of sp³-hybridized carbons (Fsp3) is 1.00. The first-order valence-corrected chi connectivity index (χ1v) is 7.81. The van der Waals surface area contributed by atoms with Crippen LogP contribution in [0, 0.1) is 11.3 Å². The van der Waals surface area contributed by atoms with Crippen LogP contribution in [0.25, 0.3) is 0 Å². The molecule has 0 N–H and O–H groups in total. The van der Waals surface area contributed by atoms with Crippen molar-refractivity contribution in [3.8, 4) is 0 Å². The Bertz CT molecular complexity index is 323. The third-order valence-corrected chi connectivity index (χ3v) is 5.85. The number of nitrogens with zero attached hydrogens (tertiary/aromatic N) is 1. The van der Waals surface area contributed by atoms with E-state index in [0.29, 0.717) is 23.5 Å². The fourth-order valence-electron chi connectivity index (χ4n) is 4.78. The highest BCUT2D eigenvalue weighted by molar-refractivity contribution is 5.26. The summed E-state index contributed by atoms with van der Waals surface area (Å²) in [5, 5.41) is 0. The van der Waals surface area contributed by atoms with E-state index < -0.39 is 0 Å². The smallest absolute Gasteiger partial charge is 0.163 e. The maximum Gasteiger partial charge on any atom is 0.163 e. The quantitative estimate of drug-likeness (QED) is 0.782. The lowest BCUT2D eigenvalue weighted by Gasteiger charge is -2.35. The van der Waals surface area contributed by atoms with E-state index in [0.717, 1.165) is 12.8 Å². The van der Waals surface area contributed by atoms with Crippen molar-refractivity contribution in [3.63, 3.8) is 0 Å². The van der Waals surface area contributed by atoms with Crippen molar-refractivity contribution in [3.05, 3.63) is 0 Å². The highest BCUT2D eigenvalue weighted by Gasteiger charge is 2.76. The summed E-state index contributed by atoms with van der Waals surface area (Å²) in [7, 11) is 4.40. The molecule has 5 unspecified atom stereocenters. The lowest BCUT2D eigenvalue weighted by atomic mass is 9.96. The second kappa shape index (κ2) is 5.01. The van der Waals surface area contributed by atoms with Crippen LogP contribution in [-0.4, -0.2) is 43.0 Å². The molecule has 2 rings (SSSR count). The van der Waals surface area contributed by atoms with Gasteiger partial charge in [-0.15, -0.1) is 0 Å². The van der Waals surface area contributed by atoms with Gasteiger partial charge in [0.05, 0.1) is 12.2 Å². The van der Waals surface area contributed by atoms with Crippen molar-refractivity contribution >= 4 is 0 Å². The molecule has 0 bridgehead atoms. The molecule has 2 aliphatic rings. The van der Waals surface area contributed by atoms with Crippen LogP contribution in [0.5, 0.6) is 0 Å². The molecule has 0 amide bonds. The zero-order valence-corrected chi connectivity index (χ0v) is 13.7. The number of hydrogen-bond donors (Lipinski definition) is 0. The third-order valence-electron chi connectivity index (χ3n) is 5.85. The average molecular weight is 269 g/mol. The Morgan fingerprint density at radius 2 is 1.58 bits per heavy atom. The molecule has 0 spiro atoms. The average Bonchev–Trinajstić information content (AvgIpc) is 2.89. The van der Waals surface area contributed by atoms with Gasteiger partial charge in [-0.25, -0.2) is 0 Å². The molecule has 1 heterocycles. The molecule has 0 radical (unpaired) electrons. The summed E-state index contributed by atoms with van der Waals surface area (Å²) < 4.78 is 12.3. The van der Waals surface area contributed by atoms with Crippen LogP contribution < -0.4 is 0 Å². The summed E-state index contributed by atoms with van der Waals surface area (Å²) in [4.78, 5) is 2.40. The van der Waals surface area contributed by atoms with Crippen molar-refractivity contribution in [2.75, 3.05) is 14.1 Å². The summed E-state index contributed by atoms with van der Waals surface area (Å²) in [5.74, 6) is 0.482. The van der Waals surface area contributed by atoms with E-state index in [4.69, 9.17) is 9.47 Å². The first-order chi connectivity index (χ1) is 8.83. The molecule has 1 saturated heterocycles. The van der Waals surface area contributed by atoms with Gasteiger partial charge in [0.2, 0.25) is 0 Å². The van der Waals surface area contributed by atoms with E-state index in [9.17, 15) is 0 Å². The van der Waals surface area contributed by atoms with Crippen molar-refractivity contribution in [2.24, 2.45) is 11.3 Å². The minimum absolute atomic E-state index is 0.0361. The number of rotatable bonds is 4. The topological polar surface area (TPSA) is 21.7 Å². The molecular weight excluding hydrogens is 238 g/mol. The van der Waals surface area contributed by atoms with Gasteiger partial charge in [-0.3, -0.25) is 0 Å². The normalized spacial score (nSPS) is 50.5. The summed E-state index contributed by atoms with van der Waals surface area (Å²) in [6.07, 6.45) is 3.93. The van der Waals surface area contributed by atoms with Gasteiger partial charge in [-0.2, -0.15) is 0 Å². The fourth-order valence-corrected chi connectivity index (χ4v) is 4.78. The van der Waals surface area contributed by atoms with Crippen molar-refractivity contribution < 1.29 is 9.47 Å². The molecule has 1 aliphatic carbocycles. The first kappa shape index (κ1) is 15.3. The van der Waals surface area contributed by atoms with Gasteiger partial charge in [0.25, 0.3) is 0 Å². The Hall–Kier alpha value is -0.120. The summed E-state index contributed by atoms with van der Waals surface area (Å²) >= 11 is 0. The third kappa shape index (κ3) is 2.05. The summed E-state index contributed by atoms with van der Waals surface area (Å²) in [5.41, 5.74) is 0.524. The molecule has 0 aromatic carbocycles.